The first-order valence-corrected chi connectivity index (χ1v) is 10.8. The van der Waals surface area contributed by atoms with Crippen LogP contribution in [0.2, 0.25) is 0 Å². The third-order valence-electron chi connectivity index (χ3n) is 6.62. The second kappa shape index (κ2) is 8.26. The summed E-state index contributed by atoms with van der Waals surface area (Å²) in [5.74, 6) is 0. The molecule has 28 heavy (non-hydrogen) atoms. The summed E-state index contributed by atoms with van der Waals surface area (Å²) >= 11 is 0. The van der Waals surface area contributed by atoms with Crippen molar-refractivity contribution in [3.05, 3.63) is 66.2 Å². The number of rotatable bonds is 5. The van der Waals surface area contributed by atoms with Gasteiger partial charge in [-0.25, -0.2) is 0 Å². The van der Waals surface area contributed by atoms with E-state index in [0.29, 0.717) is 0 Å². The van der Waals surface area contributed by atoms with E-state index in [4.69, 9.17) is 4.74 Å². The first-order chi connectivity index (χ1) is 13.6. The second-order valence-corrected chi connectivity index (χ2v) is 9.10. The number of anilines is 1. The highest BCUT2D eigenvalue weighted by molar-refractivity contribution is 5.46. The van der Waals surface area contributed by atoms with Gasteiger partial charge in [0, 0.05) is 43.9 Å². The van der Waals surface area contributed by atoms with Crippen LogP contribution in [-0.4, -0.2) is 49.8 Å². The zero-order chi connectivity index (χ0) is 19.5. The minimum Gasteiger partial charge on any atom is -0.376 e. The van der Waals surface area contributed by atoms with Crippen LogP contribution in [0.3, 0.4) is 0 Å². The monoisotopic (exact) mass is 378 g/mol. The van der Waals surface area contributed by atoms with E-state index in [9.17, 15) is 0 Å². The predicted molar refractivity (Wildman–Crippen MR) is 117 cm³/mol. The quantitative estimate of drug-likeness (QED) is 0.748. The molecule has 0 spiro atoms. The Kier molecular flexibility index (Phi) is 5.75. The van der Waals surface area contributed by atoms with Gasteiger partial charge in [0.25, 0.3) is 0 Å². The van der Waals surface area contributed by atoms with Crippen LogP contribution in [0, 0.1) is 0 Å². The smallest absolute Gasteiger partial charge is 0.0635 e. The zero-order valence-corrected chi connectivity index (χ0v) is 17.4. The zero-order valence-electron chi connectivity index (χ0n) is 17.4. The summed E-state index contributed by atoms with van der Waals surface area (Å²) in [5.41, 5.74) is 3.04. The number of hydrogen-bond acceptors (Lipinski definition) is 3. The molecule has 0 radical (unpaired) electrons. The third-order valence-corrected chi connectivity index (χ3v) is 6.62. The Balaban J connectivity index is 1.40. The molecule has 0 aliphatic carbocycles. The highest BCUT2D eigenvalue weighted by Gasteiger charge is 2.42. The lowest BCUT2D eigenvalue weighted by atomic mass is 9.67. The number of benzene rings is 2. The van der Waals surface area contributed by atoms with Crippen molar-refractivity contribution in [2.45, 2.75) is 44.1 Å². The van der Waals surface area contributed by atoms with Gasteiger partial charge >= 0.3 is 0 Å². The van der Waals surface area contributed by atoms with Gasteiger partial charge in [0.15, 0.2) is 0 Å². The number of para-hydroxylation sites is 1. The van der Waals surface area contributed by atoms with E-state index in [1.165, 1.54) is 24.2 Å². The average Bonchev–Trinajstić information content (AvgIpc) is 2.73. The Hall–Kier alpha value is -1.84. The maximum Gasteiger partial charge on any atom is 0.0635 e. The van der Waals surface area contributed by atoms with Crippen molar-refractivity contribution >= 4 is 5.69 Å². The molecule has 2 aliphatic heterocycles. The summed E-state index contributed by atoms with van der Waals surface area (Å²) in [6.07, 6.45) is 3.45. The first kappa shape index (κ1) is 19.5. The number of piperazine rings is 1. The summed E-state index contributed by atoms with van der Waals surface area (Å²) in [7, 11) is 0. The van der Waals surface area contributed by atoms with Gasteiger partial charge in [-0.05, 0) is 57.4 Å². The molecule has 4 rings (SSSR count). The van der Waals surface area contributed by atoms with Gasteiger partial charge in [-0.1, -0.05) is 48.5 Å². The fourth-order valence-electron chi connectivity index (χ4n) is 5.11. The molecular formula is C25H34N2O. The minimum atomic E-state index is -0.0416. The lowest BCUT2D eigenvalue weighted by Gasteiger charge is -2.47. The maximum atomic E-state index is 6.08. The Morgan fingerprint density at radius 1 is 0.857 bits per heavy atom. The van der Waals surface area contributed by atoms with E-state index in [1.807, 2.05) is 0 Å². The molecule has 0 aromatic heterocycles. The van der Waals surface area contributed by atoms with Crippen molar-refractivity contribution in [1.29, 1.82) is 0 Å². The van der Waals surface area contributed by atoms with E-state index in [-0.39, 0.29) is 11.0 Å². The normalized spacial score (nSPS) is 25.6. The molecule has 3 heteroatoms. The van der Waals surface area contributed by atoms with Gasteiger partial charge in [0.05, 0.1) is 5.60 Å². The SMILES string of the molecule is CC1(C)C[C@](CCN2CCN(c3ccccc3)CC2)(c2ccccc2)CCO1. The van der Waals surface area contributed by atoms with Crippen molar-refractivity contribution in [2.75, 3.05) is 44.2 Å². The van der Waals surface area contributed by atoms with Gasteiger partial charge in [0.1, 0.15) is 0 Å². The Morgan fingerprint density at radius 2 is 1.50 bits per heavy atom. The topological polar surface area (TPSA) is 15.7 Å². The first-order valence-electron chi connectivity index (χ1n) is 10.8. The van der Waals surface area contributed by atoms with Crippen LogP contribution in [0.4, 0.5) is 5.69 Å². The van der Waals surface area contributed by atoms with Crippen LogP contribution in [0.15, 0.2) is 60.7 Å². The molecule has 0 N–H and O–H groups in total. The molecular weight excluding hydrogens is 344 g/mol. The number of nitrogens with zero attached hydrogens (tertiary/aromatic N) is 2. The minimum absolute atomic E-state index is 0.0416. The highest BCUT2D eigenvalue weighted by atomic mass is 16.5. The summed E-state index contributed by atoms with van der Waals surface area (Å²) in [5, 5.41) is 0. The van der Waals surface area contributed by atoms with Gasteiger partial charge < -0.3 is 9.64 Å². The van der Waals surface area contributed by atoms with Crippen LogP contribution < -0.4 is 4.90 Å². The van der Waals surface area contributed by atoms with E-state index in [1.54, 1.807) is 0 Å². The lowest BCUT2D eigenvalue weighted by Crippen LogP contribution is -2.49. The van der Waals surface area contributed by atoms with Gasteiger partial charge in [-0.15, -0.1) is 0 Å². The van der Waals surface area contributed by atoms with Gasteiger partial charge in [-0.3, -0.25) is 4.90 Å². The Bertz CT molecular complexity index is 738. The Labute approximate surface area is 170 Å². The molecule has 2 saturated heterocycles. The second-order valence-electron chi connectivity index (χ2n) is 9.10. The van der Waals surface area contributed by atoms with E-state index in [2.05, 4.69) is 84.3 Å². The molecule has 0 amide bonds. The van der Waals surface area contributed by atoms with Crippen molar-refractivity contribution in [3.8, 4) is 0 Å². The molecule has 2 fully saturated rings. The van der Waals surface area contributed by atoms with Crippen LogP contribution in [0.5, 0.6) is 0 Å². The fraction of sp³-hybridized carbons (Fsp3) is 0.520. The molecule has 0 saturated carbocycles. The van der Waals surface area contributed by atoms with E-state index >= 15 is 0 Å². The van der Waals surface area contributed by atoms with Gasteiger partial charge in [0.2, 0.25) is 0 Å². The van der Waals surface area contributed by atoms with Gasteiger partial charge in [-0.2, -0.15) is 0 Å². The van der Waals surface area contributed by atoms with Crippen molar-refractivity contribution < 1.29 is 4.74 Å². The maximum absolute atomic E-state index is 6.08. The Morgan fingerprint density at radius 3 is 2.14 bits per heavy atom. The molecule has 0 unspecified atom stereocenters. The predicted octanol–water partition coefficient (Wildman–Crippen LogP) is 4.73. The molecule has 2 aliphatic rings. The summed E-state index contributed by atoms with van der Waals surface area (Å²) in [6, 6.07) is 22.0. The molecule has 1 atom stereocenters. The standard InChI is InChI=1S/C25H34N2O/c1-24(2)21-25(14-20-28-24,22-9-5-3-6-10-22)13-15-26-16-18-27(19-17-26)23-11-7-4-8-12-23/h3-12H,13-21H2,1-2H3/t25-/m1/s1. The van der Waals surface area contributed by atoms with Crippen LogP contribution >= 0.6 is 0 Å². The molecule has 150 valence electrons. The number of ether oxygens (including phenoxy) is 1. The third kappa shape index (κ3) is 4.42. The van der Waals surface area contributed by atoms with Crippen LogP contribution in [0.1, 0.15) is 38.7 Å². The summed E-state index contributed by atoms with van der Waals surface area (Å²) in [6.45, 7) is 11.1. The van der Waals surface area contributed by atoms with Crippen LogP contribution in [0.25, 0.3) is 0 Å². The molecule has 3 nitrogen and oxygen atoms in total. The molecule has 2 heterocycles. The van der Waals surface area contributed by atoms with Crippen LogP contribution in [-0.2, 0) is 10.2 Å². The van der Waals surface area contributed by atoms with E-state index in [0.717, 1.165) is 45.6 Å². The highest BCUT2D eigenvalue weighted by Crippen LogP contribution is 2.44. The van der Waals surface area contributed by atoms with Crippen molar-refractivity contribution in [3.63, 3.8) is 0 Å². The largest absolute Gasteiger partial charge is 0.376 e. The molecule has 2 aromatic rings. The lowest BCUT2D eigenvalue weighted by molar-refractivity contribution is -0.0853. The van der Waals surface area contributed by atoms with E-state index < -0.39 is 0 Å². The molecule has 0 bridgehead atoms. The summed E-state index contributed by atoms with van der Waals surface area (Å²) in [4.78, 5) is 5.17. The molecule has 2 aromatic carbocycles. The fourth-order valence-corrected chi connectivity index (χ4v) is 5.11. The van der Waals surface area contributed by atoms with Crippen molar-refractivity contribution in [1.82, 2.24) is 4.90 Å². The van der Waals surface area contributed by atoms with Crippen molar-refractivity contribution in [2.24, 2.45) is 0 Å². The number of hydrogen-bond donors (Lipinski definition) is 0. The summed E-state index contributed by atoms with van der Waals surface area (Å²) < 4.78 is 6.08. The average molecular weight is 379 g/mol.